The van der Waals surface area contributed by atoms with Crippen molar-refractivity contribution in [2.45, 2.75) is 20.4 Å². The number of nitrogens with zero attached hydrogens (tertiary/aromatic N) is 2. The molecule has 0 fully saturated rings. The third kappa shape index (κ3) is 2.10. The molecule has 5 heteroatoms. The lowest BCUT2D eigenvalue weighted by Gasteiger charge is -2.07. The predicted octanol–water partition coefficient (Wildman–Crippen LogP) is 3.23. The van der Waals surface area contributed by atoms with Gasteiger partial charge in [-0.25, -0.2) is 4.98 Å². The molecule has 0 spiro atoms. The van der Waals surface area contributed by atoms with E-state index >= 15 is 0 Å². The van der Waals surface area contributed by atoms with Crippen LogP contribution in [-0.4, -0.2) is 16.7 Å². The minimum absolute atomic E-state index is 0.684. The maximum Gasteiger partial charge on any atom is 0.131 e. The second kappa shape index (κ2) is 5.02. The van der Waals surface area contributed by atoms with Crippen molar-refractivity contribution in [2.24, 2.45) is 0 Å². The highest BCUT2D eigenvalue weighted by atomic mass is 79.9. The van der Waals surface area contributed by atoms with Crippen LogP contribution in [0.15, 0.2) is 22.7 Å². The van der Waals surface area contributed by atoms with Crippen molar-refractivity contribution in [1.82, 2.24) is 9.55 Å². The number of aromatic nitrogens is 2. The number of nitrogen functional groups attached to an aromatic ring is 1. The van der Waals surface area contributed by atoms with Crippen LogP contribution in [0.4, 0.5) is 5.82 Å². The number of hydrogen-bond donors (Lipinski definition) is 1. The summed E-state index contributed by atoms with van der Waals surface area (Å²) >= 11 is 3.53. The monoisotopic (exact) mass is 309 g/mol. The Labute approximate surface area is 115 Å². The van der Waals surface area contributed by atoms with Gasteiger partial charge in [-0.05, 0) is 32.0 Å². The number of aryl methyl sites for hydroxylation is 1. The van der Waals surface area contributed by atoms with E-state index in [1.54, 1.807) is 7.11 Å². The highest BCUT2D eigenvalue weighted by Crippen LogP contribution is 2.34. The molecule has 0 radical (unpaired) electrons. The van der Waals surface area contributed by atoms with Gasteiger partial charge in [-0.2, -0.15) is 0 Å². The molecule has 0 aliphatic rings. The van der Waals surface area contributed by atoms with Gasteiger partial charge in [-0.1, -0.05) is 15.9 Å². The number of nitrogens with two attached hydrogens (primary N) is 1. The van der Waals surface area contributed by atoms with Crippen molar-refractivity contribution in [3.63, 3.8) is 0 Å². The highest BCUT2D eigenvalue weighted by Gasteiger charge is 2.15. The van der Waals surface area contributed by atoms with Gasteiger partial charge in [0.2, 0.25) is 0 Å². The maximum absolute atomic E-state index is 6.15. The Kier molecular flexibility index (Phi) is 3.61. The molecule has 96 valence electrons. The highest BCUT2D eigenvalue weighted by molar-refractivity contribution is 9.10. The predicted molar refractivity (Wildman–Crippen MR) is 76.7 cm³/mol. The van der Waals surface area contributed by atoms with Crippen LogP contribution in [0.25, 0.3) is 11.3 Å². The number of anilines is 1. The van der Waals surface area contributed by atoms with Crippen molar-refractivity contribution in [3.8, 4) is 17.0 Å². The number of halogens is 1. The summed E-state index contributed by atoms with van der Waals surface area (Å²) in [4.78, 5) is 4.54. The van der Waals surface area contributed by atoms with Crippen molar-refractivity contribution in [3.05, 3.63) is 28.5 Å². The largest absolute Gasteiger partial charge is 0.497 e. The molecule has 2 aromatic rings. The number of benzene rings is 1. The van der Waals surface area contributed by atoms with Crippen LogP contribution in [0.5, 0.6) is 5.75 Å². The lowest BCUT2D eigenvalue weighted by Crippen LogP contribution is -2.02. The summed E-state index contributed by atoms with van der Waals surface area (Å²) in [6.07, 6.45) is 0. The van der Waals surface area contributed by atoms with Gasteiger partial charge < -0.3 is 15.0 Å². The van der Waals surface area contributed by atoms with Gasteiger partial charge in [0.1, 0.15) is 23.1 Å². The molecular formula is C13H16BrN3O. The quantitative estimate of drug-likeness (QED) is 0.947. The zero-order chi connectivity index (χ0) is 13.3. The van der Waals surface area contributed by atoms with Crippen LogP contribution in [-0.2, 0) is 6.54 Å². The fourth-order valence-corrected chi connectivity index (χ4v) is 2.43. The zero-order valence-corrected chi connectivity index (χ0v) is 12.3. The summed E-state index contributed by atoms with van der Waals surface area (Å²) < 4.78 is 8.18. The SMILES string of the molecule is CCn1c(C)nc(-c2cc(OC)ccc2Br)c1N. The summed E-state index contributed by atoms with van der Waals surface area (Å²) in [5, 5.41) is 0. The van der Waals surface area contributed by atoms with Gasteiger partial charge in [-0.3, -0.25) is 0 Å². The van der Waals surface area contributed by atoms with E-state index in [0.29, 0.717) is 5.82 Å². The maximum atomic E-state index is 6.15. The first-order chi connectivity index (χ1) is 8.58. The molecule has 0 amide bonds. The Hall–Kier alpha value is -1.49. The average molecular weight is 310 g/mol. The molecule has 1 heterocycles. The van der Waals surface area contributed by atoms with E-state index in [1.807, 2.05) is 29.7 Å². The third-order valence-electron chi connectivity index (χ3n) is 2.94. The standard InChI is InChI=1S/C13H16BrN3O/c1-4-17-8(2)16-12(13(17)15)10-7-9(18-3)5-6-11(10)14/h5-7H,4,15H2,1-3H3. The first kappa shape index (κ1) is 13.0. The minimum Gasteiger partial charge on any atom is -0.497 e. The first-order valence-electron chi connectivity index (χ1n) is 5.75. The van der Waals surface area contributed by atoms with E-state index < -0.39 is 0 Å². The summed E-state index contributed by atoms with van der Waals surface area (Å²) in [6.45, 7) is 4.82. The van der Waals surface area contributed by atoms with Gasteiger partial charge in [0.05, 0.1) is 7.11 Å². The smallest absolute Gasteiger partial charge is 0.131 e. The molecule has 2 N–H and O–H groups in total. The van der Waals surface area contributed by atoms with E-state index in [2.05, 4.69) is 27.8 Å². The van der Waals surface area contributed by atoms with Crippen LogP contribution < -0.4 is 10.5 Å². The molecule has 18 heavy (non-hydrogen) atoms. The molecule has 0 unspecified atom stereocenters. The molecule has 4 nitrogen and oxygen atoms in total. The minimum atomic E-state index is 0.684. The van der Waals surface area contributed by atoms with Gasteiger partial charge in [0, 0.05) is 16.6 Å². The van der Waals surface area contributed by atoms with E-state index in [1.165, 1.54) is 0 Å². The van der Waals surface area contributed by atoms with Crippen LogP contribution in [0.1, 0.15) is 12.7 Å². The molecule has 0 atom stereocenters. The molecule has 0 aliphatic carbocycles. The van der Waals surface area contributed by atoms with Crippen LogP contribution in [0.2, 0.25) is 0 Å². The molecule has 0 saturated heterocycles. The van der Waals surface area contributed by atoms with Gasteiger partial charge in [0.25, 0.3) is 0 Å². The number of hydrogen-bond acceptors (Lipinski definition) is 3. The van der Waals surface area contributed by atoms with Crippen LogP contribution in [0.3, 0.4) is 0 Å². The first-order valence-corrected chi connectivity index (χ1v) is 6.54. The Bertz CT molecular complexity index is 578. The molecule has 1 aromatic heterocycles. The fourth-order valence-electron chi connectivity index (χ4n) is 1.99. The summed E-state index contributed by atoms with van der Waals surface area (Å²) in [5.41, 5.74) is 7.88. The summed E-state index contributed by atoms with van der Waals surface area (Å²) in [5.74, 6) is 2.39. The van der Waals surface area contributed by atoms with Crippen molar-refractivity contribution < 1.29 is 4.74 Å². The van der Waals surface area contributed by atoms with Crippen LogP contribution >= 0.6 is 15.9 Å². The Balaban J connectivity index is 2.61. The van der Waals surface area contributed by atoms with Crippen LogP contribution in [0, 0.1) is 6.92 Å². The average Bonchev–Trinajstić information content (AvgIpc) is 2.65. The lowest BCUT2D eigenvalue weighted by atomic mass is 10.1. The number of methoxy groups -OCH3 is 1. The Morgan fingerprint density at radius 1 is 1.44 bits per heavy atom. The summed E-state index contributed by atoms with van der Waals surface area (Å²) in [6, 6.07) is 5.77. The lowest BCUT2D eigenvalue weighted by molar-refractivity contribution is 0.415. The Morgan fingerprint density at radius 2 is 2.17 bits per heavy atom. The third-order valence-corrected chi connectivity index (χ3v) is 3.63. The van der Waals surface area contributed by atoms with E-state index in [-0.39, 0.29) is 0 Å². The molecular weight excluding hydrogens is 294 g/mol. The van der Waals surface area contributed by atoms with Gasteiger partial charge >= 0.3 is 0 Å². The second-order valence-electron chi connectivity index (χ2n) is 3.98. The molecule has 0 saturated carbocycles. The molecule has 2 rings (SSSR count). The number of rotatable bonds is 3. The Morgan fingerprint density at radius 3 is 2.72 bits per heavy atom. The summed E-state index contributed by atoms with van der Waals surface area (Å²) in [7, 11) is 1.65. The van der Waals surface area contributed by atoms with Gasteiger partial charge in [0.15, 0.2) is 0 Å². The molecule has 0 bridgehead atoms. The number of imidazole rings is 1. The molecule has 0 aliphatic heterocycles. The van der Waals surface area contributed by atoms with Gasteiger partial charge in [-0.15, -0.1) is 0 Å². The van der Waals surface area contributed by atoms with Crippen molar-refractivity contribution in [2.75, 3.05) is 12.8 Å². The van der Waals surface area contributed by atoms with E-state index in [0.717, 1.165) is 33.8 Å². The van der Waals surface area contributed by atoms with E-state index in [4.69, 9.17) is 10.5 Å². The normalized spacial score (nSPS) is 10.7. The zero-order valence-electron chi connectivity index (χ0n) is 10.7. The van der Waals surface area contributed by atoms with E-state index in [9.17, 15) is 0 Å². The van der Waals surface area contributed by atoms with Crippen molar-refractivity contribution in [1.29, 1.82) is 0 Å². The fraction of sp³-hybridized carbons (Fsp3) is 0.308. The number of ether oxygens (including phenoxy) is 1. The second-order valence-corrected chi connectivity index (χ2v) is 4.84. The topological polar surface area (TPSA) is 53.1 Å². The van der Waals surface area contributed by atoms with Crippen molar-refractivity contribution >= 4 is 21.7 Å². The molecule has 1 aromatic carbocycles.